The van der Waals surface area contributed by atoms with Crippen molar-refractivity contribution >= 4 is 5.78 Å². The Morgan fingerprint density at radius 1 is 1.06 bits per heavy atom. The van der Waals surface area contributed by atoms with Crippen molar-refractivity contribution in [1.82, 2.24) is 0 Å². The molecule has 0 spiro atoms. The number of ketones is 1. The molecule has 1 aliphatic rings. The number of benzene rings is 2. The van der Waals surface area contributed by atoms with Crippen molar-refractivity contribution in [2.24, 2.45) is 0 Å². The molecule has 1 atom stereocenters. The SMILES string of the molecule is CCc1ccc2c(c1)C(=O)c1ccccc1C2O. The summed E-state index contributed by atoms with van der Waals surface area (Å²) in [7, 11) is 0. The quantitative estimate of drug-likeness (QED) is 0.829. The van der Waals surface area contributed by atoms with Crippen molar-refractivity contribution < 1.29 is 9.90 Å². The van der Waals surface area contributed by atoms with Crippen LogP contribution in [-0.4, -0.2) is 10.9 Å². The van der Waals surface area contributed by atoms with Gasteiger partial charge in [0.1, 0.15) is 6.10 Å². The molecule has 1 aliphatic carbocycles. The van der Waals surface area contributed by atoms with Crippen molar-refractivity contribution in [1.29, 1.82) is 0 Å². The molecular weight excluding hydrogens is 224 g/mol. The van der Waals surface area contributed by atoms with Crippen LogP contribution >= 0.6 is 0 Å². The lowest BCUT2D eigenvalue weighted by Gasteiger charge is -2.24. The summed E-state index contributed by atoms with van der Waals surface area (Å²) in [6, 6.07) is 13.0. The van der Waals surface area contributed by atoms with E-state index in [0.29, 0.717) is 16.7 Å². The Bertz CT molecular complexity index is 629. The van der Waals surface area contributed by atoms with Crippen LogP contribution in [0.5, 0.6) is 0 Å². The maximum absolute atomic E-state index is 12.4. The molecule has 0 saturated heterocycles. The average molecular weight is 238 g/mol. The van der Waals surface area contributed by atoms with E-state index in [0.717, 1.165) is 17.5 Å². The summed E-state index contributed by atoms with van der Waals surface area (Å²) in [4.78, 5) is 12.4. The van der Waals surface area contributed by atoms with Crippen LogP contribution in [0.25, 0.3) is 0 Å². The molecule has 2 heteroatoms. The highest BCUT2D eigenvalue weighted by molar-refractivity contribution is 6.12. The van der Waals surface area contributed by atoms with Gasteiger partial charge in [0.25, 0.3) is 0 Å². The van der Waals surface area contributed by atoms with E-state index < -0.39 is 6.10 Å². The molecule has 2 nitrogen and oxygen atoms in total. The summed E-state index contributed by atoms with van der Waals surface area (Å²) in [6.45, 7) is 2.05. The molecule has 0 aromatic heterocycles. The van der Waals surface area contributed by atoms with Crippen molar-refractivity contribution in [3.8, 4) is 0 Å². The lowest BCUT2D eigenvalue weighted by molar-refractivity contribution is 0.101. The van der Waals surface area contributed by atoms with Gasteiger partial charge in [-0.05, 0) is 29.2 Å². The zero-order chi connectivity index (χ0) is 12.7. The van der Waals surface area contributed by atoms with Crippen molar-refractivity contribution in [2.75, 3.05) is 0 Å². The second-order valence-electron chi connectivity index (χ2n) is 4.59. The van der Waals surface area contributed by atoms with Crippen molar-refractivity contribution in [3.63, 3.8) is 0 Å². The molecule has 0 bridgehead atoms. The van der Waals surface area contributed by atoms with Gasteiger partial charge in [0.15, 0.2) is 5.78 Å². The van der Waals surface area contributed by atoms with Gasteiger partial charge in [0.2, 0.25) is 0 Å². The number of aliphatic hydroxyl groups excluding tert-OH is 1. The number of fused-ring (bicyclic) bond motifs is 2. The van der Waals surface area contributed by atoms with Crippen LogP contribution in [0.4, 0.5) is 0 Å². The Balaban J connectivity index is 2.23. The van der Waals surface area contributed by atoms with E-state index in [9.17, 15) is 9.90 Å². The van der Waals surface area contributed by atoms with Crippen LogP contribution in [0.2, 0.25) is 0 Å². The molecule has 0 fully saturated rings. The number of carbonyl (C=O) groups excluding carboxylic acids is 1. The summed E-state index contributed by atoms with van der Waals surface area (Å²) >= 11 is 0. The normalized spacial score (nSPS) is 17.2. The zero-order valence-electron chi connectivity index (χ0n) is 10.2. The Hall–Kier alpha value is -1.93. The van der Waals surface area contributed by atoms with Crippen LogP contribution in [0.15, 0.2) is 42.5 Å². The van der Waals surface area contributed by atoms with Gasteiger partial charge in [-0.1, -0.05) is 43.3 Å². The van der Waals surface area contributed by atoms with Crippen LogP contribution in [0.3, 0.4) is 0 Å². The van der Waals surface area contributed by atoms with Crippen LogP contribution in [0.1, 0.15) is 45.6 Å². The highest BCUT2D eigenvalue weighted by atomic mass is 16.3. The molecule has 2 aromatic rings. The van der Waals surface area contributed by atoms with Gasteiger partial charge >= 0.3 is 0 Å². The Kier molecular flexibility index (Phi) is 2.53. The standard InChI is InChI=1S/C16H14O2/c1-2-10-7-8-13-14(9-10)16(18)12-6-4-3-5-11(12)15(13)17/h3-9,15,17H,2H2,1H3. The van der Waals surface area contributed by atoms with Gasteiger partial charge in [-0.3, -0.25) is 4.79 Å². The van der Waals surface area contributed by atoms with Gasteiger partial charge in [0, 0.05) is 11.1 Å². The Morgan fingerprint density at radius 2 is 1.78 bits per heavy atom. The minimum atomic E-state index is -0.695. The first-order chi connectivity index (χ1) is 8.72. The van der Waals surface area contributed by atoms with Gasteiger partial charge in [0.05, 0.1) is 0 Å². The Labute approximate surface area is 106 Å². The second kappa shape index (κ2) is 4.07. The minimum Gasteiger partial charge on any atom is -0.384 e. The second-order valence-corrected chi connectivity index (χ2v) is 4.59. The van der Waals surface area contributed by atoms with E-state index in [-0.39, 0.29) is 5.78 Å². The smallest absolute Gasteiger partial charge is 0.193 e. The molecule has 3 rings (SSSR count). The topological polar surface area (TPSA) is 37.3 Å². The number of hydrogen-bond acceptors (Lipinski definition) is 2. The number of rotatable bonds is 1. The summed E-state index contributed by atoms with van der Waals surface area (Å²) in [5, 5.41) is 10.3. The predicted octanol–water partition coefficient (Wildman–Crippen LogP) is 2.88. The maximum atomic E-state index is 12.4. The molecule has 0 aliphatic heterocycles. The molecule has 90 valence electrons. The molecule has 1 N–H and O–H groups in total. The van der Waals surface area contributed by atoms with Crippen LogP contribution in [0, 0.1) is 0 Å². The number of aliphatic hydroxyl groups is 1. The van der Waals surface area contributed by atoms with Gasteiger partial charge in [-0.15, -0.1) is 0 Å². The summed E-state index contributed by atoms with van der Waals surface area (Å²) < 4.78 is 0. The summed E-state index contributed by atoms with van der Waals surface area (Å²) in [6.07, 6.45) is 0.193. The molecule has 0 radical (unpaired) electrons. The molecule has 0 amide bonds. The zero-order valence-corrected chi connectivity index (χ0v) is 10.2. The summed E-state index contributed by atoms with van der Waals surface area (Å²) in [5.74, 6) is 0.0150. The highest BCUT2D eigenvalue weighted by Gasteiger charge is 2.29. The fraction of sp³-hybridized carbons (Fsp3) is 0.188. The van der Waals surface area contributed by atoms with Gasteiger partial charge in [-0.2, -0.15) is 0 Å². The third kappa shape index (κ3) is 1.50. The van der Waals surface area contributed by atoms with Crippen molar-refractivity contribution in [3.05, 3.63) is 70.3 Å². The van der Waals surface area contributed by atoms with Gasteiger partial charge in [-0.25, -0.2) is 0 Å². The average Bonchev–Trinajstić information content (AvgIpc) is 2.44. The third-order valence-electron chi connectivity index (χ3n) is 3.57. The molecule has 2 aromatic carbocycles. The van der Waals surface area contributed by atoms with Gasteiger partial charge < -0.3 is 5.11 Å². The van der Waals surface area contributed by atoms with E-state index in [1.807, 2.05) is 36.4 Å². The van der Waals surface area contributed by atoms with E-state index in [1.54, 1.807) is 6.07 Å². The number of aryl methyl sites for hydroxylation is 1. The largest absolute Gasteiger partial charge is 0.384 e. The maximum Gasteiger partial charge on any atom is 0.193 e. The highest BCUT2D eigenvalue weighted by Crippen LogP contribution is 2.35. The lowest BCUT2D eigenvalue weighted by Crippen LogP contribution is -2.19. The predicted molar refractivity (Wildman–Crippen MR) is 69.8 cm³/mol. The number of carbonyl (C=O) groups is 1. The van der Waals surface area contributed by atoms with Crippen LogP contribution in [-0.2, 0) is 6.42 Å². The first kappa shape index (κ1) is 11.2. The minimum absolute atomic E-state index is 0.0150. The first-order valence-electron chi connectivity index (χ1n) is 6.17. The van der Waals surface area contributed by atoms with E-state index in [2.05, 4.69) is 6.92 Å². The summed E-state index contributed by atoms with van der Waals surface area (Å²) in [5.41, 5.74) is 3.80. The Morgan fingerprint density at radius 3 is 2.56 bits per heavy atom. The van der Waals surface area contributed by atoms with E-state index in [1.165, 1.54) is 0 Å². The van der Waals surface area contributed by atoms with Crippen LogP contribution < -0.4 is 0 Å². The molecule has 0 saturated carbocycles. The first-order valence-corrected chi connectivity index (χ1v) is 6.17. The van der Waals surface area contributed by atoms with E-state index >= 15 is 0 Å². The lowest BCUT2D eigenvalue weighted by atomic mass is 9.82. The third-order valence-corrected chi connectivity index (χ3v) is 3.57. The number of hydrogen-bond donors (Lipinski definition) is 1. The van der Waals surface area contributed by atoms with Crippen molar-refractivity contribution in [2.45, 2.75) is 19.4 Å². The van der Waals surface area contributed by atoms with E-state index in [4.69, 9.17) is 0 Å². The molecule has 0 heterocycles. The molecule has 18 heavy (non-hydrogen) atoms. The fourth-order valence-electron chi connectivity index (χ4n) is 2.51. The fourth-order valence-corrected chi connectivity index (χ4v) is 2.51. The molecule has 1 unspecified atom stereocenters. The molecular formula is C16H14O2. The monoisotopic (exact) mass is 238 g/mol.